The third kappa shape index (κ3) is 5.83. The molecule has 2 N–H and O–H groups in total. The van der Waals surface area contributed by atoms with Crippen LogP contribution in [0, 0.1) is 0 Å². The van der Waals surface area contributed by atoms with Gasteiger partial charge in [-0.25, -0.2) is 0 Å². The Morgan fingerprint density at radius 3 is 1.58 bits per heavy atom. The van der Waals surface area contributed by atoms with Gasteiger partial charge in [0, 0.05) is 5.56 Å². The molecule has 0 bridgehead atoms. The first kappa shape index (κ1) is 21.8. The minimum atomic E-state index is -0.374. The fourth-order valence-corrected chi connectivity index (χ4v) is 3.52. The summed E-state index contributed by atoms with van der Waals surface area (Å²) in [5.41, 5.74) is 3.36. The minimum Gasteiger partial charge on any atom is -0.340 e. The summed E-state index contributed by atoms with van der Waals surface area (Å²) < 4.78 is 0. The Morgan fingerprint density at radius 1 is 0.606 bits per heavy atom. The predicted octanol–water partition coefficient (Wildman–Crippen LogP) is 5.36. The number of hydrogen-bond donors (Lipinski definition) is 2. The summed E-state index contributed by atoms with van der Waals surface area (Å²) in [6.07, 6.45) is 1.68. The Hall–Kier alpha value is -4.44. The van der Waals surface area contributed by atoms with E-state index >= 15 is 0 Å². The number of carbonyl (C=O) groups excluding carboxylic acids is 2. The number of nitrogens with one attached hydrogen (secondary N) is 2. The summed E-state index contributed by atoms with van der Waals surface area (Å²) in [7, 11) is 0. The zero-order valence-electron chi connectivity index (χ0n) is 18.0. The largest absolute Gasteiger partial charge is 0.340 e. The standard InChI is InChI=1S/C29H24N2O2/c32-28(25-19-11-4-12-20-25)30-26(21-22-13-5-1-6-14-22)29(33)31-27(23-15-7-2-8-16-23)24-17-9-3-10-18-24/h1-21,27H,(H,30,32)(H,31,33). The fourth-order valence-electron chi connectivity index (χ4n) is 3.52. The second-order valence-electron chi connectivity index (χ2n) is 7.52. The summed E-state index contributed by atoms with van der Waals surface area (Å²) in [5.74, 6) is -0.718. The van der Waals surface area contributed by atoms with Crippen LogP contribution in [0.4, 0.5) is 0 Å². The van der Waals surface area contributed by atoms with Gasteiger partial charge in [-0.05, 0) is 34.9 Å². The van der Waals surface area contributed by atoms with E-state index in [-0.39, 0.29) is 23.6 Å². The Labute approximate surface area is 193 Å². The lowest BCUT2D eigenvalue weighted by molar-refractivity contribution is -0.118. The maximum absolute atomic E-state index is 13.5. The fraction of sp³-hybridized carbons (Fsp3) is 0.0345. The third-order valence-electron chi connectivity index (χ3n) is 5.18. The molecule has 0 aliphatic rings. The molecule has 4 heteroatoms. The molecule has 162 valence electrons. The molecule has 0 unspecified atom stereocenters. The SMILES string of the molecule is O=C(NC(c1ccccc1)c1ccccc1)C(=Cc1ccccc1)NC(=O)c1ccccc1. The molecule has 0 radical (unpaired) electrons. The second-order valence-corrected chi connectivity index (χ2v) is 7.52. The van der Waals surface area contributed by atoms with Gasteiger partial charge in [0.2, 0.25) is 0 Å². The van der Waals surface area contributed by atoms with Crippen LogP contribution in [0.5, 0.6) is 0 Å². The molecule has 0 aromatic heterocycles. The maximum atomic E-state index is 13.5. The third-order valence-corrected chi connectivity index (χ3v) is 5.18. The summed E-state index contributed by atoms with van der Waals surface area (Å²) in [4.78, 5) is 26.3. The molecule has 0 saturated heterocycles. The Morgan fingerprint density at radius 2 is 1.06 bits per heavy atom. The van der Waals surface area contributed by atoms with Crippen molar-refractivity contribution in [2.75, 3.05) is 0 Å². The molecule has 0 aliphatic heterocycles. The van der Waals surface area contributed by atoms with Crippen molar-refractivity contribution < 1.29 is 9.59 Å². The molecule has 0 fully saturated rings. The average Bonchev–Trinajstić information content (AvgIpc) is 2.89. The zero-order valence-corrected chi connectivity index (χ0v) is 18.0. The van der Waals surface area contributed by atoms with Crippen LogP contribution in [0.2, 0.25) is 0 Å². The average molecular weight is 433 g/mol. The van der Waals surface area contributed by atoms with E-state index in [2.05, 4.69) is 10.6 Å². The van der Waals surface area contributed by atoms with E-state index in [1.165, 1.54) is 0 Å². The summed E-state index contributed by atoms with van der Waals surface area (Å²) in [5, 5.41) is 5.90. The molecule has 4 rings (SSSR count). The Bertz CT molecular complexity index is 1180. The Kier molecular flexibility index (Phi) is 7.08. The monoisotopic (exact) mass is 432 g/mol. The van der Waals surface area contributed by atoms with Gasteiger partial charge < -0.3 is 10.6 Å². The van der Waals surface area contributed by atoms with Gasteiger partial charge in [0.15, 0.2) is 0 Å². The molecule has 4 aromatic rings. The molecule has 33 heavy (non-hydrogen) atoms. The molecule has 0 heterocycles. The highest BCUT2D eigenvalue weighted by Gasteiger charge is 2.21. The lowest BCUT2D eigenvalue weighted by Crippen LogP contribution is -2.37. The molecule has 4 aromatic carbocycles. The molecule has 2 amide bonds. The molecular weight excluding hydrogens is 408 g/mol. The normalized spacial score (nSPS) is 11.1. The van der Waals surface area contributed by atoms with Gasteiger partial charge in [0.25, 0.3) is 11.8 Å². The molecule has 4 nitrogen and oxygen atoms in total. The van der Waals surface area contributed by atoms with E-state index < -0.39 is 0 Å². The summed E-state index contributed by atoms with van der Waals surface area (Å²) in [6.45, 7) is 0. The van der Waals surface area contributed by atoms with Crippen LogP contribution in [-0.4, -0.2) is 11.8 Å². The highest BCUT2D eigenvalue weighted by atomic mass is 16.2. The molecule has 0 atom stereocenters. The zero-order chi connectivity index (χ0) is 22.9. The first-order valence-corrected chi connectivity index (χ1v) is 10.7. The lowest BCUT2D eigenvalue weighted by atomic mass is 9.98. The highest BCUT2D eigenvalue weighted by molar-refractivity contribution is 6.05. The van der Waals surface area contributed by atoms with Crippen molar-refractivity contribution in [1.29, 1.82) is 0 Å². The van der Waals surface area contributed by atoms with Crippen molar-refractivity contribution >= 4 is 17.9 Å². The van der Waals surface area contributed by atoms with Crippen molar-refractivity contribution in [3.8, 4) is 0 Å². The van der Waals surface area contributed by atoms with Crippen molar-refractivity contribution in [1.82, 2.24) is 10.6 Å². The van der Waals surface area contributed by atoms with Crippen LogP contribution < -0.4 is 10.6 Å². The van der Waals surface area contributed by atoms with E-state index in [1.54, 1.807) is 30.3 Å². The smallest absolute Gasteiger partial charge is 0.268 e. The van der Waals surface area contributed by atoms with Crippen LogP contribution in [-0.2, 0) is 4.79 Å². The quantitative estimate of drug-likeness (QED) is 0.386. The van der Waals surface area contributed by atoms with Crippen molar-refractivity contribution in [2.24, 2.45) is 0 Å². The number of carbonyl (C=O) groups is 2. The topological polar surface area (TPSA) is 58.2 Å². The van der Waals surface area contributed by atoms with Crippen molar-refractivity contribution in [3.63, 3.8) is 0 Å². The summed E-state index contributed by atoms with van der Waals surface area (Å²) >= 11 is 0. The predicted molar refractivity (Wildman–Crippen MR) is 131 cm³/mol. The maximum Gasteiger partial charge on any atom is 0.268 e. The summed E-state index contributed by atoms with van der Waals surface area (Å²) in [6, 6.07) is 37.4. The van der Waals surface area contributed by atoms with Gasteiger partial charge in [-0.2, -0.15) is 0 Å². The number of hydrogen-bond acceptors (Lipinski definition) is 2. The number of rotatable bonds is 7. The van der Waals surface area contributed by atoms with Crippen LogP contribution in [0.15, 0.2) is 127 Å². The van der Waals surface area contributed by atoms with E-state index in [0.29, 0.717) is 5.56 Å². The first-order valence-electron chi connectivity index (χ1n) is 10.7. The van der Waals surface area contributed by atoms with Gasteiger partial charge in [0.1, 0.15) is 5.70 Å². The van der Waals surface area contributed by atoms with Crippen molar-refractivity contribution in [2.45, 2.75) is 6.04 Å². The van der Waals surface area contributed by atoms with Crippen LogP contribution in [0.1, 0.15) is 33.1 Å². The van der Waals surface area contributed by atoms with E-state index in [0.717, 1.165) is 16.7 Å². The van der Waals surface area contributed by atoms with Gasteiger partial charge in [0.05, 0.1) is 6.04 Å². The molecule has 0 saturated carbocycles. The van der Waals surface area contributed by atoms with Gasteiger partial charge >= 0.3 is 0 Å². The lowest BCUT2D eigenvalue weighted by Gasteiger charge is -2.21. The van der Waals surface area contributed by atoms with Crippen molar-refractivity contribution in [3.05, 3.63) is 149 Å². The van der Waals surface area contributed by atoms with E-state index in [1.807, 2.05) is 97.1 Å². The number of amides is 2. The second kappa shape index (κ2) is 10.7. The van der Waals surface area contributed by atoms with E-state index in [4.69, 9.17) is 0 Å². The number of benzene rings is 4. The first-order chi connectivity index (χ1) is 16.2. The van der Waals surface area contributed by atoms with Gasteiger partial charge in [-0.15, -0.1) is 0 Å². The van der Waals surface area contributed by atoms with Crippen LogP contribution in [0.3, 0.4) is 0 Å². The van der Waals surface area contributed by atoms with Gasteiger partial charge in [-0.3, -0.25) is 9.59 Å². The minimum absolute atomic E-state index is 0.173. The van der Waals surface area contributed by atoms with E-state index in [9.17, 15) is 9.59 Å². The molecule has 0 spiro atoms. The molecular formula is C29H24N2O2. The van der Waals surface area contributed by atoms with Gasteiger partial charge in [-0.1, -0.05) is 109 Å². The van der Waals surface area contributed by atoms with Crippen LogP contribution in [0.25, 0.3) is 6.08 Å². The highest BCUT2D eigenvalue weighted by Crippen LogP contribution is 2.22. The van der Waals surface area contributed by atoms with Crippen LogP contribution >= 0.6 is 0 Å². The molecule has 0 aliphatic carbocycles. The Balaban J connectivity index is 1.66.